The van der Waals surface area contributed by atoms with Crippen molar-refractivity contribution >= 4 is 21.6 Å². The highest BCUT2D eigenvalue weighted by Gasteiger charge is 2.11. The standard InChI is InChI=1S/C14H23N3O3S/c1-3-9-17(10-4-2)11-14(18)16-12-5-7-13(8-6-12)21(15,19)20/h5-8H,3-4,9-11H2,1-2H3,(H,16,18)(H2,15,19,20). The van der Waals surface area contributed by atoms with Gasteiger partial charge in [0, 0.05) is 5.69 Å². The normalized spacial score (nSPS) is 11.6. The molecule has 21 heavy (non-hydrogen) atoms. The topological polar surface area (TPSA) is 92.5 Å². The lowest BCUT2D eigenvalue weighted by atomic mass is 10.3. The molecule has 1 rings (SSSR count). The van der Waals surface area contributed by atoms with Gasteiger partial charge in [-0.1, -0.05) is 13.8 Å². The van der Waals surface area contributed by atoms with Crippen LogP contribution in [0.2, 0.25) is 0 Å². The van der Waals surface area contributed by atoms with Crippen LogP contribution in [-0.2, 0) is 14.8 Å². The Morgan fingerprint density at radius 2 is 1.67 bits per heavy atom. The van der Waals surface area contributed by atoms with Crippen molar-refractivity contribution in [3.63, 3.8) is 0 Å². The number of primary sulfonamides is 1. The van der Waals surface area contributed by atoms with E-state index in [1.165, 1.54) is 24.3 Å². The molecule has 0 saturated heterocycles. The maximum Gasteiger partial charge on any atom is 0.238 e. The minimum atomic E-state index is -3.70. The molecule has 0 aliphatic heterocycles. The molecular weight excluding hydrogens is 290 g/mol. The first-order valence-electron chi connectivity index (χ1n) is 7.02. The second-order valence-corrected chi connectivity index (χ2v) is 6.46. The van der Waals surface area contributed by atoms with Crippen molar-refractivity contribution in [1.82, 2.24) is 4.90 Å². The minimum absolute atomic E-state index is 0.0269. The largest absolute Gasteiger partial charge is 0.325 e. The van der Waals surface area contributed by atoms with E-state index in [1.807, 2.05) is 0 Å². The molecule has 3 N–H and O–H groups in total. The van der Waals surface area contributed by atoms with Crippen molar-refractivity contribution in [2.45, 2.75) is 31.6 Å². The molecule has 0 atom stereocenters. The fraction of sp³-hybridized carbons (Fsp3) is 0.500. The molecule has 0 aliphatic rings. The van der Waals surface area contributed by atoms with Crippen molar-refractivity contribution < 1.29 is 13.2 Å². The Kier molecular flexibility index (Phi) is 6.80. The van der Waals surface area contributed by atoms with E-state index in [2.05, 4.69) is 24.1 Å². The van der Waals surface area contributed by atoms with Crippen LogP contribution in [-0.4, -0.2) is 38.9 Å². The highest BCUT2D eigenvalue weighted by molar-refractivity contribution is 7.89. The van der Waals surface area contributed by atoms with Gasteiger partial charge >= 0.3 is 0 Å². The molecule has 0 radical (unpaired) electrons. The highest BCUT2D eigenvalue weighted by atomic mass is 32.2. The summed E-state index contributed by atoms with van der Waals surface area (Å²) in [6.45, 7) is 6.24. The molecule has 1 aromatic carbocycles. The summed E-state index contributed by atoms with van der Waals surface area (Å²) in [6.07, 6.45) is 1.99. The first-order chi connectivity index (χ1) is 9.86. The molecule has 7 heteroatoms. The number of nitrogens with zero attached hydrogens (tertiary/aromatic N) is 1. The fourth-order valence-electron chi connectivity index (χ4n) is 2.03. The number of hydrogen-bond donors (Lipinski definition) is 2. The van der Waals surface area contributed by atoms with E-state index >= 15 is 0 Å². The zero-order chi connectivity index (χ0) is 15.9. The van der Waals surface area contributed by atoms with E-state index in [1.54, 1.807) is 0 Å². The number of benzene rings is 1. The lowest BCUT2D eigenvalue weighted by Crippen LogP contribution is -2.34. The predicted molar refractivity (Wildman–Crippen MR) is 83.5 cm³/mol. The monoisotopic (exact) mass is 313 g/mol. The summed E-state index contributed by atoms with van der Waals surface area (Å²) < 4.78 is 22.3. The van der Waals surface area contributed by atoms with Crippen LogP contribution >= 0.6 is 0 Å². The van der Waals surface area contributed by atoms with E-state index in [4.69, 9.17) is 5.14 Å². The van der Waals surface area contributed by atoms with Gasteiger partial charge in [-0.25, -0.2) is 13.6 Å². The summed E-state index contributed by atoms with van der Waals surface area (Å²) in [6, 6.07) is 5.81. The van der Waals surface area contributed by atoms with Crippen LogP contribution in [0, 0.1) is 0 Å². The Labute approximate surface area is 126 Å². The molecule has 0 heterocycles. The van der Waals surface area contributed by atoms with E-state index in [0.717, 1.165) is 25.9 Å². The minimum Gasteiger partial charge on any atom is -0.325 e. The van der Waals surface area contributed by atoms with Gasteiger partial charge in [-0.15, -0.1) is 0 Å². The van der Waals surface area contributed by atoms with E-state index in [0.29, 0.717) is 12.2 Å². The number of amides is 1. The molecular formula is C14H23N3O3S. The molecule has 0 unspecified atom stereocenters. The first kappa shape index (κ1) is 17.6. The summed E-state index contributed by atoms with van der Waals surface area (Å²) in [5, 5.41) is 7.77. The smallest absolute Gasteiger partial charge is 0.238 e. The molecule has 0 aromatic heterocycles. The van der Waals surface area contributed by atoms with Crippen LogP contribution in [0.15, 0.2) is 29.2 Å². The van der Waals surface area contributed by atoms with Crippen LogP contribution in [0.3, 0.4) is 0 Å². The van der Waals surface area contributed by atoms with Gasteiger partial charge in [-0.2, -0.15) is 0 Å². The molecule has 0 bridgehead atoms. The maximum atomic E-state index is 12.0. The number of hydrogen-bond acceptors (Lipinski definition) is 4. The van der Waals surface area contributed by atoms with Gasteiger partial charge in [0.25, 0.3) is 0 Å². The SMILES string of the molecule is CCCN(CCC)CC(=O)Nc1ccc(S(N)(=O)=O)cc1. The average molecular weight is 313 g/mol. The molecule has 0 fully saturated rings. The summed E-state index contributed by atoms with van der Waals surface area (Å²) in [5.74, 6) is -0.111. The van der Waals surface area contributed by atoms with Crippen molar-refractivity contribution in [2.24, 2.45) is 5.14 Å². The molecule has 1 aromatic rings. The van der Waals surface area contributed by atoms with Crippen molar-refractivity contribution in [1.29, 1.82) is 0 Å². The van der Waals surface area contributed by atoms with Crippen molar-refractivity contribution in [3.05, 3.63) is 24.3 Å². The fourth-order valence-corrected chi connectivity index (χ4v) is 2.55. The highest BCUT2D eigenvalue weighted by Crippen LogP contribution is 2.12. The lowest BCUT2D eigenvalue weighted by Gasteiger charge is -2.20. The molecule has 0 aliphatic carbocycles. The average Bonchev–Trinajstić information content (AvgIpc) is 2.38. The second kappa shape index (κ2) is 8.11. The van der Waals surface area contributed by atoms with Crippen LogP contribution in [0.4, 0.5) is 5.69 Å². The van der Waals surface area contributed by atoms with Gasteiger partial charge in [0.2, 0.25) is 15.9 Å². The molecule has 1 amide bonds. The van der Waals surface area contributed by atoms with E-state index in [9.17, 15) is 13.2 Å². The molecule has 118 valence electrons. The van der Waals surface area contributed by atoms with E-state index < -0.39 is 10.0 Å². The summed E-state index contributed by atoms with van der Waals surface area (Å²) in [5.41, 5.74) is 0.556. The second-order valence-electron chi connectivity index (χ2n) is 4.89. The Balaban J connectivity index is 2.62. The zero-order valence-electron chi connectivity index (χ0n) is 12.5. The van der Waals surface area contributed by atoms with Gasteiger partial charge in [-0.05, 0) is 50.2 Å². The van der Waals surface area contributed by atoms with Gasteiger partial charge in [0.1, 0.15) is 0 Å². The van der Waals surface area contributed by atoms with Crippen LogP contribution in [0.25, 0.3) is 0 Å². The maximum absolute atomic E-state index is 12.0. The van der Waals surface area contributed by atoms with Crippen molar-refractivity contribution in [2.75, 3.05) is 25.0 Å². The van der Waals surface area contributed by atoms with Crippen LogP contribution < -0.4 is 10.5 Å². The van der Waals surface area contributed by atoms with Gasteiger partial charge in [0.05, 0.1) is 11.4 Å². The predicted octanol–water partition coefficient (Wildman–Crippen LogP) is 1.39. The Bertz CT molecular complexity index is 549. The quantitative estimate of drug-likeness (QED) is 0.758. The first-order valence-corrected chi connectivity index (χ1v) is 8.56. The lowest BCUT2D eigenvalue weighted by molar-refractivity contribution is -0.117. The van der Waals surface area contributed by atoms with E-state index in [-0.39, 0.29) is 10.8 Å². The number of carbonyl (C=O) groups excluding carboxylic acids is 1. The summed E-state index contributed by atoms with van der Waals surface area (Å²) >= 11 is 0. The Morgan fingerprint density at radius 3 is 2.10 bits per heavy atom. The van der Waals surface area contributed by atoms with Crippen molar-refractivity contribution in [3.8, 4) is 0 Å². The van der Waals surface area contributed by atoms with Crippen LogP contribution in [0.5, 0.6) is 0 Å². The van der Waals surface area contributed by atoms with Gasteiger partial charge in [-0.3, -0.25) is 9.69 Å². The number of nitrogens with one attached hydrogen (secondary N) is 1. The third kappa shape index (κ3) is 6.24. The zero-order valence-corrected chi connectivity index (χ0v) is 13.3. The number of anilines is 1. The summed E-state index contributed by atoms with van der Waals surface area (Å²) in [7, 11) is -3.70. The number of carbonyl (C=O) groups is 1. The Hall–Kier alpha value is -1.44. The third-order valence-corrected chi connectivity index (χ3v) is 3.84. The number of nitrogens with two attached hydrogens (primary N) is 1. The summed E-state index contributed by atoms with van der Waals surface area (Å²) in [4.78, 5) is 14.1. The molecule has 0 saturated carbocycles. The van der Waals surface area contributed by atoms with Crippen LogP contribution in [0.1, 0.15) is 26.7 Å². The Morgan fingerprint density at radius 1 is 1.14 bits per heavy atom. The number of rotatable bonds is 8. The third-order valence-electron chi connectivity index (χ3n) is 2.91. The van der Waals surface area contributed by atoms with Gasteiger partial charge in [0.15, 0.2) is 0 Å². The molecule has 6 nitrogen and oxygen atoms in total. The number of sulfonamides is 1. The molecule has 0 spiro atoms. The van der Waals surface area contributed by atoms with Gasteiger partial charge < -0.3 is 5.32 Å².